The van der Waals surface area contributed by atoms with Crippen LogP contribution in [-0.4, -0.2) is 45.4 Å². The Morgan fingerprint density at radius 2 is 1.83 bits per heavy atom. The maximum atomic E-state index is 10.5. The number of hydrogen-bond acceptors (Lipinski definition) is 4. The fraction of sp³-hybridized carbons (Fsp3) is 0.500. The number of nitrogens with one attached hydrogen (secondary N) is 1. The Kier molecular flexibility index (Phi) is 5.06. The zero-order valence-corrected chi connectivity index (χ0v) is 9.87. The second-order valence-corrected chi connectivity index (χ2v) is 4.20. The highest BCUT2D eigenvalue weighted by atomic mass is 16.4. The normalized spacial score (nSPS) is 26.2. The van der Waals surface area contributed by atoms with Gasteiger partial charge < -0.3 is 20.6 Å². The molecule has 18 heavy (non-hydrogen) atoms. The highest BCUT2D eigenvalue weighted by Gasteiger charge is 2.33. The van der Waals surface area contributed by atoms with Crippen LogP contribution in [0.5, 0.6) is 0 Å². The van der Waals surface area contributed by atoms with Crippen molar-refractivity contribution in [3.63, 3.8) is 0 Å². The molecule has 0 bridgehead atoms. The summed E-state index contributed by atoms with van der Waals surface area (Å²) in [6, 6.07) is -0.471. The number of carbonyl (C=O) groups is 2. The number of carboxylic acids is 2. The second-order valence-electron chi connectivity index (χ2n) is 4.20. The molecule has 4 N–H and O–H groups in total. The van der Waals surface area contributed by atoms with Crippen LogP contribution in [-0.2, 0) is 9.59 Å². The van der Waals surface area contributed by atoms with Gasteiger partial charge in [0, 0.05) is 13.0 Å². The number of rotatable bonds is 7. The van der Waals surface area contributed by atoms with Gasteiger partial charge in [-0.15, -0.1) is 0 Å². The molecule has 1 aliphatic carbocycles. The van der Waals surface area contributed by atoms with E-state index in [-0.39, 0.29) is 25.8 Å². The van der Waals surface area contributed by atoms with Crippen molar-refractivity contribution in [3.8, 4) is 0 Å². The zero-order chi connectivity index (χ0) is 13.6. The molecule has 0 amide bonds. The van der Waals surface area contributed by atoms with Gasteiger partial charge in [0.05, 0.1) is 12.5 Å². The summed E-state index contributed by atoms with van der Waals surface area (Å²) in [4.78, 5) is 20.9. The van der Waals surface area contributed by atoms with E-state index in [0.29, 0.717) is 0 Å². The molecule has 0 radical (unpaired) electrons. The molecule has 0 saturated heterocycles. The van der Waals surface area contributed by atoms with Crippen LogP contribution in [0, 0.1) is 0 Å². The van der Waals surface area contributed by atoms with Gasteiger partial charge in [-0.1, -0.05) is 24.3 Å². The van der Waals surface area contributed by atoms with Gasteiger partial charge in [-0.05, 0) is 6.42 Å². The van der Waals surface area contributed by atoms with E-state index < -0.39 is 23.6 Å². The molecule has 6 heteroatoms. The van der Waals surface area contributed by atoms with Gasteiger partial charge in [0.1, 0.15) is 5.60 Å². The van der Waals surface area contributed by atoms with Gasteiger partial charge in [-0.3, -0.25) is 9.59 Å². The van der Waals surface area contributed by atoms with Gasteiger partial charge in [0.25, 0.3) is 0 Å². The minimum Gasteiger partial charge on any atom is -0.481 e. The molecular weight excluding hydrogens is 238 g/mol. The molecule has 1 rings (SSSR count). The third-order valence-electron chi connectivity index (χ3n) is 2.78. The first-order valence-corrected chi connectivity index (χ1v) is 5.69. The highest BCUT2D eigenvalue weighted by Crippen LogP contribution is 2.23. The van der Waals surface area contributed by atoms with Gasteiger partial charge in [-0.2, -0.15) is 0 Å². The van der Waals surface area contributed by atoms with Gasteiger partial charge in [-0.25, -0.2) is 0 Å². The molecule has 0 aromatic carbocycles. The van der Waals surface area contributed by atoms with Gasteiger partial charge >= 0.3 is 11.9 Å². The zero-order valence-electron chi connectivity index (χ0n) is 9.87. The molecule has 0 spiro atoms. The summed E-state index contributed by atoms with van der Waals surface area (Å²) in [6.07, 6.45) is 6.49. The number of hydrogen-bond donors (Lipinski definition) is 4. The minimum absolute atomic E-state index is 0.0525. The summed E-state index contributed by atoms with van der Waals surface area (Å²) in [6.45, 7) is 0.216. The van der Waals surface area contributed by atoms with Crippen LogP contribution in [0.4, 0.5) is 0 Å². The standard InChI is InChI=1S/C12H17NO5/c14-10(15)4-7-12(18)6-2-1-3-9(12)13-8-5-11(16)17/h1-3,6,9,13,18H,4-5,7-8H2,(H,14,15)(H,16,17). The average molecular weight is 255 g/mol. The maximum absolute atomic E-state index is 10.5. The first-order valence-electron chi connectivity index (χ1n) is 5.69. The molecule has 2 unspecified atom stereocenters. The Bertz CT molecular complexity index is 377. The van der Waals surface area contributed by atoms with Crippen LogP contribution in [0.25, 0.3) is 0 Å². The smallest absolute Gasteiger partial charge is 0.304 e. The molecule has 0 heterocycles. The lowest BCUT2D eigenvalue weighted by atomic mass is 9.85. The Hall–Kier alpha value is -1.66. The van der Waals surface area contributed by atoms with Crippen molar-refractivity contribution in [3.05, 3.63) is 24.3 Å². The van der Waals surface area contributed by atoms with E-state index in [1.165, 1.54) is 6.08 Å². The predicted molar refractivity (Wildman–Crippen MR) is 64.1 cm³/mol. The van der Waals surface area contributed by atoms with Crippen molar-refractivity contribution in [1.82, 2.24) is 5.32 Å². The number of aliphatic hydroxyl groups is 1. The van der Waals surface area contributed by atoms with Crippen molar-refractivity contribution in [1.29, 1.82) is 0 Å². The molecule has 0 aromatic rings. The topological polar surface area (TPSA) is 107 Å². The van der Waals surface area contributed by atoms with Crippen LogP contribution in [0.2, 0.25) is 0 Å². The van der Waals surface area contributed by atoms with E-state index in [1.807, 2.05) is 0 Å². The van der Waals surface area contributed by atoms with Crippen LogP contribution in [0.3, 0.4) is 0 Å². The van der Waals surface area contributed by atoms with Crippen LogP contribution >= 0.6 is 0 Å². The van der Waals surface area contributed by atoms with E-state index in [0.717, 1.165) is 0 Å². The number of allylic oxidation sites excluding steroid dienone is 2. The fourth-order valence-electron chi connectivity index (χ4n) is 1.79. The summed E-state index contributed by atoms with van der Waals surface area (Å²) in [5, 5.41) is 30.4. The fourth-order valence-corrected chi connectivity index (χ4v) is 1.79. The lowest BCUT2D eigenvalue weighted by Crippen LogP contribution is -2.50. The van der Waals surface area contributed by atoms with E-state index in [2.05, 4.69) is 5.32 Å². The van der Waals surface area contributed by atoms with Crippen LogP contribution in [0.15, 0.2) is 24.3 Å². The Morgan fingerprint density at radius 3 is 2.44 bits per heavy atom. The first-order chi connectivity index (χ1) is 8.44. The molecule has 0 fully saturated rings. The minimum atomic E-state index is -1.29. The van der Waals surface area contributed by atoms with Crippen LogP contribution < -0.4 is 5.32 Å². The third-order valence-corrected chi connectivity index (χ3v) is 2.78. The Balaban J connectivity index is 2.56. The molecule has 100 valence electrons. The van der Waals surface area contributed by atoms with E-state index in [9.17, 15) is 14.7 Å². The third kappa shape index (κ3) is 4.31. The monoisotopic (exact) mass is 255 g/mol. The molecule has 6 nitrogen and oxygen atoms in total. The van der Waals surface area contributed by atoms with Crippen molar-refractivity contribution in [2.45, 2.75) is 30.9 Å². The summed E-state index contributed by atoms with van der Waals surface area (Å²) >= 11 is 0. The molecule has 1 aliphatic rings. The highest BCUT2D eigenvalue weighted by molar-refractivity contribution is 5.67. The summed E-state index contributed by atoms with van der Waals surface area (Å²) in [5.41, 5.74) is -1.29. The Labute approximate surface area is 105 Å². The second kappa shape index (κ2) is 6.32. The summed E-state index contributed by atoms with van der Waals surface area (Å²) in [5.74, 6) is -1.90. The molecular formula is C12H17NO5. The molecule has 0 aliphatic heterocycles. The van der Waals surface area contributed by atoms with Crippen molar-refractivity contribution in [2.75, 3.05) is 6.54 Å². The number of aliphatic carboxylic acids is 2. The lowest BCUT2D eigenvalue weighted by Gasteiger charge is -2.34. The van der Waals surface area contributed by atoms with Crippen molar-refractivity contribution < 1.29 is 24.9 Å². The molecule has 2 atom stereocenters. The van der Waals surface area contributed by atoms with Gasteiger partial charge in [0.15, 0.2) is 0 Å². The lowest BCUT2D eigenvalue weighted by molar-refractivity contribution is -0.138. The quantitative estimate of drug-likeness (QED) is 0.515. The van der Waals surface area contributed by atoms with Crippen molar-refractivity contribution in [2.24, 2.45) is 0 Å². The summed E-state index contributed by atoms with van der Waals surface area (Å²) in [7, 11) is 0. The number of carboxylic acid groups (broad SMARTS) is 2. The van der Waals surface area contributed by atoms with Crippen molar-refractivity contribution >= 4 is 11.9 Å². The molecule has 0 aromatic heterocycles. The maximum Gasteiger partial charge on any atom is 0.304 e. The van der Waals surface area contributed by atoms with E-state index >= 15 is 0 Å². The predicted octanol–water partition coefficient (Wildman–Crippen LogP) is 0.141. The SMILES string of the molecule is O=C(O)CCNC1C=CC=CC1(O)CCC(=O)O. The first kappa shape index (κ1) is 14.4. The van der Waals surface area contributed by atoms with E-state index in [1.54, 1.807) is 18.2 Å². The summed E-state index contributed by atoms with van der Waals surface area (Å²) < 4.78 is 0. The Morgan fingerprint density at radius 1 is 1.17 bits per heavy atom. The van der Waals surface area contributed by atoms with Gasteiger partial charge in [0.2, 0.25) is 0 Å². The molecule has 0 saturated carbocycles. The van der Waals surface area contributed by atoms with E-state index in [4.69, 9.17) is 10.2 Å². The largest absolute Gasteiger partial charge is 0.481 e. The van der Waals surface area contributed by atoms with Crippen LogP contribution in [0.1, 0.15) is 19.3 Å². The average Bonchev–Trinajstić information content (AvgIpc) is 2.29.